The monoisotopic (exact) mass is 974 g/mol. The summed E-state index contributed by atoms with van der Waals surface area (Å²) in [6, 6.07) is 15.8. The fraction of sp³-hybridized carbons (Fsp3) is 0.537. The van der Waals surface area contributed by atoms with Gasteiger partial charge >= 0.3 is 6.09 Å². The van der Waals surface area contributed by atoms with Crippen LogP contribution in [0.2, 0.25) is 0 Å². The fourth-order valence-corrected chi connectivity index (χ4v) is 7.35. The summed E-state index contributed by atoms with van der Waals surface area (Å²) in [4.78, 5) is 50.0. The number of rotatable bonds is 28. The second-order valence-electron chi connectivity index (χ2n) is 18.6. The van der Waals surface area contributed by atoms with Crippen molar-refractivity contribution in [3.05, 3.63) is 117 Å². The smallest absolute Gasteiger partial charge is 0.421 e. The van der Waals surface area contributed by atoms with Crippen LogP contribution in [0, 0.1) is 12.3 Å². The Morgan fingerprint density at radius 3 is 2.00 bits per heavy atom. The molecule has 2 aromatic carbocycles. The Labute approximate surface area is 421 Å². The van der Waals surface area contributed by atoms with Crippen LogP contribution in [0.5, 0.6) is 0 Å². The van der Waals surface area contributed by atoms with Crippen LogP contribution in [0.25, 0.3) is 10.4 Å². The number of ketones is 1. The van der Waals surface area contributed by atoms with E-state index < -0.39 is 11.7 Å². The van der Waals surface area contributed by atoms with Crippen molar-refractivity contribution in [1.29, 1.82) is 0 Å². The van der Waals surface area contributed by atoms with E-state index in [2.05, 4.69) is 72.5 Å². The fourth-order valence-electron chi connectivity index (χ4n) is 7.35. The van der Waals surface area contributed by atoms with Gasteiger partial charge in [-0.25, -0.2) is 19.3 Å². The van der Waals surface area contributed by atoms with E-state index in [9.17, 15) is 14.4 Å². The van der Waals surface area contributed by atoms with Crippen molar-refractivity contribution >= 4 is 29.7 Å². The number of carbonyl (C=O) groups excluding carboxylic acids is 3. The van der Waals surface area contributed by atoms with E-state index in [1.807, 2.05) is 68.0 Å². The number of azide groups is 1. The van der Waals surface area contributed by atoms with Crippen molar-refractivity contribution in [2.75, 3.05) is 24.6 Å². The summed E-state index contributed by atoms with van der Waals surface area (Å²) in [7, 11) is 0. The predicted molar refractivity (Wildman–Crippen MR) is 283 cm³/mol. The van der Waals surface area contributed by atoms with Crippen molar-refractivity contribution in [3.63, 3.8) is 0 Å². The third-order valence-corrected chi connectivity index (χ3v) is 11.2. The quantitative estimate of drug-likeness (QED) is 0.00921. The lowest BCUT2D eigenvalue weighted by atomic mass is 10.0. The molecule has 3 aromatic heterocycles. The molecule has 6 N–H and O–H groups in total. The Morgan fingerprint density at radius 2 is 1.41 bits per heavy atom. The van der Waals surface area contributed by atoms with Gasteiger partial charge in [-0.2, -0.15) is 0 Å². The van der Waals surface area contributed by atoms with Crippen molar-refractivity contribution in [2.24, 2.45) is 5.11 Å². The zero-order valence-corrected chi connectivity index (χ0v) is 43.0. The van der Waals surface area contributed by atoms with Gasteiger partial charge in [0.25, 0.3) is 5.91 Å². The van der Waals surface area contributed by atoms with E-state index in [-0.39, 0.29) is 24.2 Å². The number of benzene rings is 2. The molecule has 0 atom stereocenters. The van der Waals surface area contributed by atoms with Gasteiger partial charge in [-0.3, -0.25) is 14.3 Å². The van der Waals surface area contributed by atoms with Gasteiger partial charge in [-0.15, -0.1) is 17.4 Å². The summed E-state index contributed by atoms with van der Waals surface area (Å²) in [5.74, 6) is 3.33. The molecule has 0 radical (unpaired) electrons. The number of amides is 1. The zero-order chi connectivity index (χ0) is 51.7. The zero-order valence-electron chi connectivity index (χ0n) is 43.0. The van der Waals surface area contributed by atoms with E-state index in [0.717, 1.165) is 113 Å². The van der Waals surface area contributed by atoms with E-state index in [1.165, 1.54) is 54.2 Å². The minimum absolute atomic E-state index is 0.131. The van der Waals surface area contributed by atoms with Crippen molar-refractivity contribution < 1.29 is 19.1 Å². The first-order valence-corrected chi connectivity index (χ1v) is 25.4. The average molecular weight is 974 g/mol. The van der Waals surface area contributed by atoms with Gasteiger partial charge in [0.05, 0.1) is 17.6 Å². The van der Waals surface area contributed by atoms with Gasteiger partial charge in [-0.05, 0) is 127 Å². The molecule has 0 aliphatic rings. The summed E-state index contributed by atoms with van der Waals surface area (Å²) >= 11 is 0. The lowest BCUT2D eigenvalue weighted by molar-refractivity contribution is 0.0540. The minimum atomic E-state index is -0.552. The molecular weight excluding hydrogens is 895 g/mol. The van der Waals surface area contributed by atoms with Crippen LogP contribution in [-0.2, 0) is 43.4 Å². The Balaban J connectivity index is 0.000000297. The van der Waals surface area contributed by atoms with Gasteiger partial charge in [0, 0.05) is 66.6 Å². The molecule has 0 bridgehead atoms. The Hall–Kier alpha value is -6.92. The number of nitrogens with one attached hydrogen (secondary N) is 2. The molecule has 0 spiro atoms. The number of carbonyl (C=O) groups is 3. The van der Waals surface area contributed by atoms with Crippen LogP contribution in [0.4, 0.5) is 16.7 Å². The number of anilines is 2. The van der Waals surface area contributed by atoms with Crippen molar-refractivity contribution in [3.8, 4) is 12.3 Å². The molecule has 71 heavy (non-hydrogen) atoms. The molecule has 1 amide bonds. The van der Waals surface area contributed by atoms with Gasteiger partial charge in [0.1, 0.15) is 5.60 Å². The topological polar surface area (TPSA) is 250 Å². The number of unbranched alkanes of at least 4 members (excludes halogenated alkanes) is 9. The maximum absolute atomic E-state index is 12.5. The van der Waals surface area contributed by atoms with Gasteiger partial charge in [0.15, 0.2) is 11.7 Å². The maximum atomic E-state index is 12.5. The van der Waals surface area contributed by atoms with Crippen LogP contribution in [0.15, 0.2) is 72.2 Å². The number of nitrogens with two attached hydrogens (primary N) is 2. The van der Waals surface area contributed by atoms with Crippen molar-refractivity contribution in [1.82, 2.24) is 39.8 Å². The normalized spacial score (nSPS) is 10.8. The summed E-state index contributed by atoms with van der Waals surface area (Å²) < 4.78 is 8.36. The molecule has 0 aliphatic carbocycles. The van der Waals surface area contributed by atoms with Crippen LogP contribution in [0.3, 0.4) is 0 Å². The standard InChI is InChI=1S/C25H36N6O.C15H23N3O2.C14H20N4O/c1-2-3-5-9-20-13-15-21(16-14-20)24(32)12-8-17-31-19-23(29-30-31)11-7-4-6-10-22-18-27-25(26)28-22;1-5-6-7-8-9-10-12-11-18(13(16)17-12)14(19)20-15(2,3)4;1-2-3-4-5-12-6-8-13(9-7-12)14(19)16-10-11-17-18-15/h13-16,18-19H,2-12,17H2,1H3,(H3,26,27,28);1,11H,6-10H2,2-4H3,(H2,16,17);6-9H,2-5,10-11H2,1H3,(H,16,19). The first-order chi connectivity index (χ1) is 34.2. The number of aryl methyl sites for hydroxylation is 6. The van der Waals surface area contributed by atoms with Crippen molar-refractivity contribution in [2.45, 2.75) is 175 Å². The SMILES string of the molecule is C#CCCCCCc1cn(C(=O)OC(C)(C)C)c(N)n1.CCCCCc1ccc(C(=O)CCCn2cc(CCCCCc3cnc(N)[nH]3)nn2)cc1.CCCCCc1ccc(C(=O)NCCN=[N+]=[N-])cc1. The summed E-state index contributed by atoms with van der Waals surface area (Å²) in [6.45, 7) is 11.2. The van der Waals surface area contributed by atoms with E-state index in [4.69, 9.17) is 28.2 Å². The Kier molecular flexibility index (Phi) is 27.6. The van der Waals surface area contributed by atoms with Gasteiger partial charge < -0.3 is 26.5 Å². The molecule has 17 heteroatoms. The number of terminal acetylenes is 1. The molecule has 0 unspecified atom stereocenters. The number of aromatic amines is 1. The number of hydrogen-bond donors (Lipinski definition) is 4. The molecule has 0 saturated carbocycles. The minimum Gasteiger partial charge on any atom is -0.443 e. The second kappa shape index (κ2) is 33.6. The van der Waals surface area contributed by atoms with E-state index in [1.54, 1.807) is 12.4 Å². The highest BCUT2D eigenvalue weighted by Crippen LogP contribution is 2.16. The highest BCUT2D eigenvalue weighted by atomic mass is 16.6. The number of nitrogen functional groups attached to an aromatic ring is 2. The summed E-state index contributed by atoms with van der Waals surface area (Å²) in [5, 5.41) is 14.5. The third-order valence-electron chi connectivity index (χ3n) is 11.2. The molecule has 17 nitrogen and oxygen atoms in total. The summed E-state index contributed by atoms with van der Waals surface area (Å²) in [5.41, 5.74) is 25.8. The second-order valence-corrected chi connectivity index (χ2v) is 18.6. The Morgan fingerprint density at radius 1 is 0.803 bits per heavy atom. The molecular formula is C54H79N13O4. The number of aromatic nitrogens is 7. The highest BCUT2D eigenvalue weighted by Gasteiger charge is 2.20. The molecule has 5 aromatic rings. The van der Waals surface area contributed by atoms with E-state index >= 15 is 0 Å². The van der Waals surface area contributed by atoms with Gasteiger partial charge in [-0.1, -0.05) is 99.1 Å². The molecule has 0 fully saturated rings. The largest absolute Gasteiger partial charge is 0.443 e. The molecule has 0 aliphatic heterocycles. The molecule has 0 saturated heterocycles. The maximum Gasteiger partial charge on any atom is 0.421 e. The highest BCUT2D eigenvalue weighted by molar-refractivity contribution is 5.96. The van der Waals surface area contributed by atoms with Crippen LogP contribution in [-0.4, -0.2) is 71.0 Å². The number of hydrogen-bond acceptors (Lipinski definition) is 11. The number of ether oxygens (including phenoxy) is 1. The number of Topliss-reactive ketones (excluding diaryl/α,β-unsaturated/α-hetero) is 1. The number of nitrogens with zero attached hydrogens (tertiary/aromatic N) is 9. The number of H-pyrrole nitrogens is 1. The molecule has 5 rings (SSSR count). The molecule has 384 valence electrons. The summed E-state index contributed by atoms with van der Waals surface area (Å²) in [6.07, 6.45) is 30.7. The lowest BCUT2D eigenvalue weighted by Crippen LogP contribution is -2.27. The van der Waals surface area contributed by atoms with Gasteiger partial charge in [0.2, 0.25) is 5.95 Å². The first kappa shape index (κ1) is 58.4. The van der Waals surface area contributed by atoms with Crippen LogP contribution in [0.1, 0.15) is 180 Å². The van der Waals surface area contributed by atoms with E-state index in [0.29, 0.717) is 24.5 Å². The Bertz CT molecular complexity index is 2380. The third kappa shape index (κ3) is 25.0. The number of imidazole rings is 2. The molecule has 3 heterocycles. The van der Waals surface area contributed by atoms with Crippen LogP contribution < -0.4 is 16.8 Å². The average Bonchev–Trinajstić information content (AvgIpc) is 4.10. The first-order valence-electron chi connectivity index (χ1n) is 25.4. The van der Waals surface area contributed by atoms with Crippen LogP contribution >= 0.6 is 0 Å². The lowest BCUT2D eigenvalue weighted by Gasteiger charge is -2.19. The predicted octanol–water partition coefficient (Wildman–Crippen LogP) is 11.4.